The van der Waals surface area contributed by atoms with Gasteiger partial charge in [-0.25, -0.2) is 13.2 Å². The summed E-state index contributed by atoms with van der Waals surface area (Å²) in [5.41, 5.74) is 0.620. The van der Waals surface area contributed by atoms with Crippen molar-refractivity contribution in [2.24, 2.45) is 0 Å². The van der Waals surface area contributed by atoms with Crippen molar-refractivity contribution in [3.8, 4) is 5.75 Å². The molecule has 152 valence electrons. The number of hydrogen-bond acceptors (Lipinski definition) is 5. The van der Waals surface area contributed by atoms with E-state index < -0.39 is 21.6 Å². The van der Waals surface area contributed by atoms with Crippen LogP contribution >= 0.6 is 0 Å². The van der Waals surface area contributed by atoms with E-state index >= 15 is 0 Å². The van der Waals surface area contributed by atoms with Gasteiger partial charge in [0.15, 0.2) is 0 Å². The van der Waals surface area contributed by atoms with Crippen LogP contribution in [0.15, 0.2) is 18.2 Å². The summed E-state index contributed by atoms with van der Waals surface area (Å²) < 4.78 is 38.3. The Bertz CT molecular complexity index is 773. The largest absolute Gasteiger partial charge is 0.487 e. The molecular weight excluding hydrogens is 366 g/mol. The zero-order valence-corrected chi connectivity index (χ0v) is 17.8. The Kier molecular flexibility index (Phi) is 6.92. The zero-order chi connectivity index (χ0) is 20.2. The van der Waals surface area contributed by atoms with Gasteiger partial charge in [0, 0.05) is 18.5 Å². The second-order valence-corrected chi connectivity index (χ2v) is 9.75. The van der Waals surface area contributed by atoms with E-state index in [0.29, 0.717) is 24.3 Å². The fourth-order valence-electron chi connectivity index (χ4n) is 3.49. The molecule has 0 radical (unpaired) electrons. The van der Waals surface area contributed by atoms with Gasteiger partial charge in [-0.15, -0.1) is 0 Å². The summed E-state index contributed by atoms with van der Waals surface area (Å²) >= 11 is 0. The Morgan fingerprint density at radius 2 is 2.00 bits per heavy atom. The zero-order valence-electron chi connectivity index (χ0n) is 16.9. The molecule has 0 amide bonds. The molecule has 1 aliphatic rings. The van der Waals surface area contributed by atoms with E-state index in [2.05, 4.69) is 6.92 Å². The van der Waals surface area contributed by atoms with Gasteiger partial charge in [0.2, 0.25) is 10.0 Å². The highest BCUT2D eigenvalue weighted by Crippen LogP contribution is 2.44. The number of esters is 1. The molecule has 0 saturated carbocycles. The Balaban J connectivity index is 2.53. The first kappa shape index (κ1) is 21.7. The minimum absolute atomic E-state index is 0.0446. The third-order valence-corrected chi connectivity index (χ3v) is 6.79. The molecule has 0 spiro atoms. The highest BCUT2D eigenvalue weighted by Gasteiger charge is 2.40. The van der Waals surface area contributed by atoms with E-state index in [-0.39, 0.29) is 11.8 Å². The van der Waals surface area contributed by atoms with E-state index in [1.54, 1.807) is 29.4 Å². The number of rotatable bonds is 8. The van der Waals surface area contributed by atoms with Gasteiger partial charge in [-0.2, -0.15) is 4.31 Å². The molecule has 1 atom stereocenters. The van der Waals surface area contributed by atoms with Crippen LogP contribution in [0.25, 0.3) is 0 Å². The monoisotopic (exact) mass is 397 g/mol. The second kappa shape index (κ2) is 8.61. The standard InChI is InChI=1S/C20H31NO5S/c1-6-8-9-12-21(27(23,24)7-2)17-14-20(3,4)26-18-11-10-15(13-16(17)18)19(22)25-5/h10-11,13,17H,6-9,12,14H2,1-5H3. The average molecular weight is 398 g/mol. The van der Waals surface area contributed by atoms with Crippen LogP contribution in [-0.4, -0.2) is 43.7 Å². The first-order chi connectivity index (χ1) is 12.6. The number of carbonyl (C=O) groups excluding carboxylic acids is 1. The number of sulfonamides is 1. The fraction of sp³-hybridized carbons (Fsp3) is 0.650. The van der Waals surface area contributed by atoms with Crippen molar-refractivity contribution >= 4 is 16.0 Å². The quantitative estimate of drug-likeness (QED) is 0.491. The number of fused-ring (bicyclic) bond motifs is 1. The third-order valence-electron chi connectivity index (χ3n) is 4.91. The molecule has 1 unspecified atom stereocenters. The summed E-state index contributed by atoms with van der Waals surface area (Å²) in [7, 11) is -2.08. The van der Waals surface area contributed by atoms with Crippen molar-refractivity contribution in [3.05, 3.63) is 29.3 Å². The number of carbonyl (C=O) groups is 1. The second-order valence-electron chi connectivity index (χ2n) is 7.54. The van der Waals surface area contributed by atoms with Crippen molar-refractivity contribution < 1.29 is 22.7 Å². The summed E-state index contributed by atoms with van der Waals surface area (Å²) in [5, 5.41) is 0. The molecule has 6 nitrogen and oxygen atoms in total. The fourth-order valence-corrected chi connectivity index (χ4v) is 4.81. The van der Waals surface area contributed by atoms with Crippen molar-refractivity contribution in [1.29, 1.82) is 0 Å². The van der Waals surface area contributed by atoms with E-state index in [1.807, 2.05) is 13.8 Å². The molecule has 1 aliphatic heterocycles. The predicted octanol–water partition coefficient (Wildman–Crippen LogP) is 3.92. The molecule has 0 N–H and O–H groups in total. The minimum Gasteiger partial charge on any atom is -0.487 e. The summed E-state index contributed by atoms with van der Waals surface area (Å²) in [6.45, 7) is 8.14. The third kappa shape index (κ3) is 5.02. The maximum atomic E-state index is 12.9. The van der Waals surface area contributed by atoms with Crippen molar-refractivity contribution in [2.45, 2.75) is 65.0 Å². The summed E-state index contributed by atoms with van der Waals surface area (Å²) in [6, 6.07) is 4.73. The van der Waals surface area contributed by atoms with Crippen LogP contribution in [0.3, 0.4) is 0 Å². The van der Waals surface area contributed by atoms with Gasteiger partial charge in [0.25, 0.3) is 0 Å². The van der Waals surface area contributed by atoms with Crippen molar-refractivity contribution in [3.63, 3.8) is 0 Å². The van der Waals surface area contributed by atoms with E-state index in [9.17, 15) is 13.2 Å². The Hall–Kier alpha value is -1.60. The molecule has 2 rings (SSSR count). The lowest BCUT2D eigenvalue weighted by atomic mass is 9.88. The summed E-state index contributed by atoms with van der Waals surface area (Å²) in [4.78, 5) is 12.0. The topological polar surface area (TPSA) is 72.9 Å². The van der Waals surface area contributed by atoms with Crippen LogP contribution in [0, 0.1) is 0 Å². The van der Waals surface area contributed by atoms with Gasteiger partial charge in [0.05, 0.1) is 24.5 Å². The highest BCUT2D eigenvalue weighted by atomic mass is 32.2. The molecular formula is C20H31NO5S. The van der Waals surface area contributed by atoms with Crippen LogP contribution < -0.4 is 4.74 Å². The number of ether oxygens (including phenoxy) is 2. The molecule has 0 fully saturated rings. The molecule has 0 aliphatic carbocycles. The number of nitrogens with zero attached hydrogens (tertiary/aromatic N) is 1. The van der Waals surface area contributed by atoms with Gasteiger partial charge in [-0.05, 0) is 45.4 Å². The molecule has 1 aromatic carbocycles. The van der Waals surface area contributed by atoms with Gasteiger partial charge in [-0.3, -0.25) is 0 Å². The number of unbranched alkanes of at least 4 members (excludes halogenated alkanes) is 2. The van der Waals surface area contributed by atoms with Gasteiger partial charge in [-0.1, -0.05) is 19.8 Å². The lowest BCUT2D eigenvalue weighted by molar-refractivity contribution is 0.0497. The first-order valence-electron chi connectivity index (χ1n) is 9.56. The Morgan fingerprint density at radius 3 is 2.59 bits per heavy atom. The maximum absolute atomic E-state index is 12.9. The van der Waals surface area contributed by atoms with Gasteiger partial charge in [0.1, 0.15) is 11.4 Å². The Morgan fingerprint density at radius 1 is 1.30 bits per heavy atom. The van der Waals surface area contributed by atoms with E-state index in [4.69, 9.17) is 9.47 Å². The average Bonchev–Trinajstić information content (AvgIpc) is 2.63. The predicted molar refractivity (Wildman–Crippen MR) is 106 cm³/mol. The number of methoxy groups -OCH3 is 1. The summed E-state index contributed by atoms with van der Waals surface area (Å²) in [5.74, 6) is 0.219. The van der Waals surface area contributed by atoms with Crippen LogP contribution in [-0.2, 0) is 14.8 Å². The van der Waals surface area contributed by atoms with Gasteiger partial charge < -0.3 is 9.47 Å². The molecule has 0 saturated heterocycles. The lowest BCUT2D eigenvalue weighted by Crippen LogP contribution is -2.44. The van der Waals surface area contributed by atoms with Crippen molar-refractivity contribution in [2.75, 3.05) is 19.4 Å². The summed E-state index contributed by atoms with van der Waals surface area (Å²) in [6.07, 6.45) is 3.31. The van der Waals surface area contributed by atoms with E-state index in [0.717, 1.165) is 24.8 Å². The number of benzene rings is 1. The normalized spacial score (nSPS) is 18.7. The smallest absolute Gasteiger partial charge is 0.337 e. The molecule has 0 aromatic heterocycles. The van der Waals surface area contributed by atoms with Crippen LogP contribution in [0.5, 0.6) is 5.75 Å². The Labute approximate surface area is 162 Å². The molecule has 1 aromatic rings. The first-order valence-corrected chi connectivity index (χ1v) is 11.2. The maximum Gasteiger partial charge on any atom is 0.337 e. The minimum atomic E-state index is -3.41. The van der Waals surface area contributed by atoms with Crippen LogP contribution in [0.1, 0.15) is 75.3 Å². The molecule has 7 heteroatoms. The molecule has 1 heterocycles. The lowest BCUT2D eigenvalue weighted by Gasteiger charge is -2.42. The van der Waals surface area contributed by atoms with Crippen LogP contribution in [0.2, 0.25) is 0 Å². The van der Waals surface area contributed by atoms with Crippen LogP contribution in [0.4, 0.5) is 0 Å². The molecule has 27 heavy (non-hydrogen) atoms. The highest BCUT2D eigenvalue weighted by molar-refractivity contribution is 7.89. The van der Waals surface area contributed by atoms with E-state index in [1.165, 1.54) is 7.11 Å². The SMILES string of the molecule is CCCCCN(C1CC(C)(C)Oc2ccc(C(=O)OC)cc21)S(=O)(=O)CC. The molecule has 0 bridgehead atoms. The van der Waals surface area contributed by atoms with Gasteiger partial charge >= 0.3 is 5.97 Å². The number of hydrogen-bond donors (Lipinski definition) is 0. The van der Waals surface area contributed by atoms with Crippen molar-refractivity contribution in [1.82, 2.24) is 4.31 Å².